The van der Waals surface area contributed by atoms with E-state index in [2.05, 4.69) is 5.32 Å². The fourth-order valence-corrected chi connectivity index (χ4v) is 4.49. The highest BCUT2D eigenvalue weighted by molar-refractivity contribution is 7.92. The van der Waals surface area contributed by atoms with E-state index in [9.17, 15) is 22.4 Å². The highest BCUT2D eigenvalue weighted by Gasteiger charge is 2.27. The topological polar surface area (TPSA) is 102 Å². The average molecular weight is 487 g/mol. The molecule has 0 atom stereocenters. The molecule has 3 aromatic carbocycles. The predicted octanol–water partition coefficient (Wildman–Crippen LogP) is 3.85. The summed E-state index contributed by atoms with van der Waals surface area (Å²) in [4.78, 5) is 24.7. The number of methoxy groups -OCH3 is 1. The zero-order valence-electron chi connectivity index (χ0n) is 18.5. The Balaban J connectivity index is 1.89. The van der Waals surface area contributed by atoms with E-state index in [1.54, 1.807) is 19.1 Å². The molecule has 0 radical (unpaired) electrons. The van der Waals surface area contributed by atoms with Crippen LogP contribution < -0.4 is 14.4 Å². The second-order valence-electron chi connectivity index (χ2n) is 7.01. The first-order chi connectivity index (χ1) is 16.2. The molecule has 1 N–H and O–H groups in total. The number of ether oxygens (including phenoxy) is 2. The molecule has 0 bridgehead atoms. The van der Waals surface area contributed by atoms with Gasteiger partial charge in [-0.3, -0.25) is 9.10 Å². The van der Waals surface area contributed by atoms with Crippen molar-refractivity contribution in [2.24, 2.45) is 0 Å². The van der Waals surface area contributed by atoms with Gasteiger partial charge in [-0.1, -0.05) is 6.07 Å². The number of hydrogen-bond acceptors (Lipinski definition) is 6. The minimum absolute atomic E-state index is 0.0743. The van der Waals surface area contributed by atoms with Gasteiger partial charge < -0.3 is 14.8 Å². The summed E-state index contributed by atoms with van der Waals surface area (Å²) in [7, 11) is -2.73. The van der Waals surface area contributed by atoms with Crippen molar-refractivity contribution in [1.82, 2.24) is 0 Å². The Kier molecular flexibility index (Phi) is 7.85. The van der Waals surface area contributed by atoms with Gasteiger partial charge in [0.25, 0.3) is 10.0 Å². The van der Waals surface area contributed by atoms with Gasteiger partial charge in [-0.05, 0) is 73.7 Å². The summed E-state index contributed by atoms with van der Waals surface area (Å²) < 4.78 is 51.1. The van der Waals surface area contributed by atoms with Crippen molar-refractivity contribution in [2.45, 2.75) is 11.8 Å². The van der Waals surface area contributed by atoms with Crippen molar-refractivity contribution in [3.8, 4) is 5.75 Å². The van der Waals surface area contributed by atoms with Crippen molar-refractivity contribution in [2.75, 3.05) is 29.9 Å². The number of benzene rings is 3. The molecule has 1 amide bonds. The molecule has 0 aromatic heterocycles. The van der Waals surface area contributed by atoms with Crippen LogP contribution in [0.25, 0.3) is 0 Å². The molecule has 0 aliphatic rings. The molecule has 3 aromatic rings. The minimum atomic E-state index is -4.19. The fraction of sp³-hybridized carbons (Fsp3) is 0.167. The van der Waals surface area contributed by atoms with Crippen LogP contribution in [0.1, 0.15) is 17.3 Å². The number of esters is 1. The SMILES string of the molecule is CCOC(=O)c1cccc(NC(=O)CN(c2ccc(F)cc2)S(=O)(=O)c2ccc(OC)cc2)c1. The third-order valence-electron chi connectivity index (χ3n) is 4.71. The fourth-order valence-electron chi connectivity index (χ4n) is 3.07. The highest BCUT2D eigenvalue weighted by Crippen LogP contribution is 2.25. The number of carbonyl (C=O) groups excluding carboxylic acids is 2. The molecule has 10 heteroatoms. The van der Waals surface area contributed by atoms with Gasteiger partial charge in [0.2, 0.25) is 5.91 Å². The monoisotopic (exact) mass is 486 g/mol. The minimum Gasteiger partial charge on any atom is -0.497 e. The summed E-state index contributed by atoms with van der Waals surface area (Å²) in [5.41, 5.74) is 0.630. The largest absolute Gasteiger partial charge is 0.497 e. The third-order valence-corrected chi connectivity index (χ3v) is 6.49. The molecular formula is C24H23FN2O6S. The van der Waals surface area contributed by atoms with E-state index in [0.717, 1.165) is 16.4 Å². The normalized spacial score (nSPS) is 10.9. The lowest BCUT2D eigenvalue weighted by atomic mass is 10.2. The van der Waals surface area contributed by atoms with Crippen LogP contribution in [0.3, 0.4) is 0 Å². The van der Waals surface area contributed by atoms with Crippen molar-refractivity contribution < 1.29 is 31.9 Å². The Hall–Kier alpha value is -3.92. The van der Waals surface area contributed by atoms with Crippen LogP contribution in [0.15, 0.2) is 77.7 Å². The third kappa shape index (κ3) is 5.90. The van der Waals surface area contributed by atoms with Gasteiger partial charge in [0.05, 0.1) is 29.9 Å². The summed E-state index contributed by atoms with van der Waals surface area (Å²) in [5.74, 6) is -1.30. The van der Waals surface area contributed by atoms with Crippen LogP contribution in [-0.4, -0.2) is 40.6 Å². The summed E-state index contributed by atoms with van der Waals surface area (Å²) in [6.45, 7) is 1.28. The Morgan fingerprint density at radius 2 is 1.68 bits per heavy atom. The summed E-state index contributed by atoms with van der Waals surface area (Å²) in [6.07, 6.45) is 0. The van der Waals surface area contributed by atoms with Gasteiger partial charge >= 0.3 is 5.97 Å². The van der Waals surface area contributed by atoms with E-state index in [1.165, 1.54) is 55.6 Å². The van der Waals surface area contributed by atoms with Crippen LogP contribution in [-0.2, 0) is 19.6 Å². The van der Waals surface area contributed by atoms with Crippen molar-refractivity contribution >= 4 is 33.3 Å². The lowest BCUT2D eigenvalue weighted by Gasteiger charge is -2.24. The van der Waals surface area contributed by atoms with E-state index in [4.69, 9.17) is 9.47 Å². The standard InChI is InChI=1S/C24H23FN2O6S/c1-3-33-24(29)17-5-4-6-19(15-17)26-23(28)16-27(20-9-7-18(25)8-10-20)34(30,31)22-13-11-21(32-2)12-14-22/h4-15H,3,16H2,1-2H3,(H,26,28). The van der Waals surface area contributed by atoms with E-state index in [0.29, 0.717) is 5.75 Å². The number of hydrogen-bond donors (Lipinski definition) is 1. The predicted molar refractivity (Wildman–Crippen MR) is 125 cm³/mol. The molecule has 0 fully saturated rings. The molecular weight excluding hydrogens is 463 g/mol. The van der Waals surface area contributed by atoms with Gasteiger partial charge in [-0.15, -0.1) is 0 Å². The number of sulfonamides is 1. The van der Waals surface area contributed by atoms with Gasteiger partial charge in [0, 0.05) is 5.69 Å². The van der Waals surface area contributed by atoms with Gasteiger partial charge in [-0.2, -0.15) is 0 Å². The number of nitrogens with zero attached hydrogens (tertiary/aromatic N) is 1. The van der Waals surface area contributed by atoms with E-state index >= 15 is 0 Å². The number of amides is 1. The van der Waals surface area contributed by atoms with Gasteiger partial charge in [-0.25, -0.2) is 17.6 Å². The first-order valence-electron chi connectivity index (χ1n) is 10.2. The van der Waals surface area contributed by atoms with Crippen LogP contribution in [0.2, 0.25) is 0 Å². The van der Waals surface area contributed by atoms with Gasteiger partial charge in [0.15, 0.2) is 0 Å². The number of halogens is 1. The zero-order valence-corrected chi connectivity index (χ0v) is 19.3. The molecule has 0 saturated carbocycles. The molecule has 0 aliphatic heterocycles. The average Bonchev–Trinajstić information content (AvgIpc) is 2.83. The molecule has 0 saturated heterocycles. The van der Waals surface area contributed by atoms with Crippen LogP contribution in [0.5, 0.6) is 5.75 Å². The van der Waals surface area contributed by atoms with Crippen LogP contribution in [0, 0.1) is 5.82 Å². The molecule has 0 heterocycles. The Bertz CT molecular complexity index is 1260. The van der Waals surface area contributed by atoms with E-state index < -0.39 is 34.3 Å². The smallest absolute Gasteiger partial charge is 0.338 e. The number of carbonyl (C=O) groups is 2. The molecule has 8 nitrogen and oxygen atoms in total. The second-order valence-corrected chi connectivity index (χ2v) is 8.88. The lowest BCUT2D eigenvalue weighted by molar-refractivity contribution is -0.114. The second kappa shape index (κ2) is 10.8. The van der Waals surface area contributed by atoms with Crippen LogP contribution >= 0.6 is 0 Å². The maximum absolute atomic E-state index is 13.5. The van der Waals surface area contributed by atoms with Crippen LogP contribution in [0.4, 0.5) is 15.8 Å². The number of anilines is 2. The lowest BCUT2D eigenvalue weighted by Crippen LogP contribution is -2.38. The van der Waals surface area contributed by atoms with Crippen molar-refractivity contribution in [1.29, 1.82) is 0 Å². The molecule has 178 valence electrons. The molecule has 34 heavy (non-hydrogen) atoms. The van der Waals surface area contributed by atoms with E-state index in [-0.39, 0.29) is 28.4 Å². The first kappa shape index (κ1) is 24.7. The maximum Gasteiger partial charge on any atom is 0.338 e. The van der Waals surface area contributed by atoms with Gasteiger partial charge in [0.1, 0.15) is 18.1 Å². The zero-order chi connectivity index (χ0) is 24.7. The molecule has 3 rings (SSSR count). The van der Waals surface area contributed by atoms with Crippen molar-refractivity contribution in [3.63, 3.8) is 0 Å². The number of rotatable bonds is 9. The Morgan fingerprint density at radius 3 is 2.29 bits per heavy atom. The summed E-state index contributed by atoms with van der Waals surface area (Å²) >= 11 is 0. The first-order valence-corrected chi connectivity index (χ1v) is 11.7. The highest BCUT2D eigenvalue weighted by atomic mass is 32.2. The van der Waals surface area contributed by atoms with E-state index in [1.807, 2.05) is 0 Å². The molecule has 0 unspecified atom stereocenters. The summed E-state index contributed by atoms with van der Waals surface area (Å²) in [5, 5.41) is 2.59. The number of nitrogens with one attached hydrogen (secondary N) is 1. The van der Waals surface area contributed by atoms with Crippen molar-refractivity contribution in [3.05, 3.63) is 84.2 Å². The maximum atomic E-state index is 13.5. The Morgan fingerprint density at radius 1 is 1.00 bits per heavy atom. The quantitative estimate of drug-likeness (QED) is 0.461. The Labute approximate surface area is 197 Å². The molecule has 0 spiro atoms. The molecule has 0 aliphatic carbocycles. The summed E-state index contributed by atoms with van der Waals surface area (Å²) in [6, 6.07) is 16.5.